The highest BCUT2D eigenvalue weighted by Crippen LogP contribution is 2.45. The predicted molar refractivity (Wildman–Crippen MR) is 78.5 cm³/mol. The minimum atomic E-state index is 0.268. The highest BCUT2D eigenvalue weighted by Gasteiger charge is 2.43. The lowest BCUT2D eigenvalue weighted by atomic mass is 9.88. The maximum Gasteiger partial charge on any atom is 0.137 e. The maximum atomic E-state index is 6.42. The molecule has 3 heterocycles. The summed E-state index contributed by atoms with van der Waals surface area (Å²) in [6.07, 6.45) is 8.75. The summed E-state index contributed by atoms with van der Waals surface area (Å²) in [7, 11) is 0. The van der Waals surface area contributed by atoms with Gasteiger partial charge >= 0.3 is 0 Å². The van der Waals surface area contributed by atoms with Crippen LogP contribution >= 0.6 is 23.2 Å². The summed E-state index contributed by atoms with van der Waals surface area (Å²) in [4.78, 5) is 9.14. The Kier molecular flexibility index (Phi) is 3.40. The lowest BCUT2D eigenvalue weighted by molar-refractivity contribution is 0.0998. The molecule has 0 amide bonds. The highest BCUT2D eigenvalue weighted by atomic mass is 35.5. The van der Waals surface area contributed by atoms with Crippen molar-refractivity contribution in [2.45, 2.75) is 69.0 Å². The van der Waals surface area contributed by atoms with Gasteiger partial charge in [-0.1, -0.05) is 36.0 Å². The monoisotopic (exact) mass is 312 g/mol. The first-order valence-corrected chi connectivity index (χ1v) is 8.36. The van der Waals surface area contributed by atoms with Crippen molar-refractivity contribution in [2.75, 3.05) is 0 Å². The fourth-order valence-corrected chi connectivity index (χ4v) is 4.77. The van der Waals surface area contributed by atoms with Crippen LogP contribution in [0.4, 0.5) is 0 Å². The Balaban J connectivity index is 1.66. The van der Waals surface area contributed by atoms with Gasteiger partial charge in [-0.25, -0.2) is 9.97 Å². The highest BCUT2D eigenvalue weighted by molar-refractivity contribution is 6.34. The number of fused-ring (bicyclic) bond motifs is 2. The van der Waals surface area contributed by atoms with E-state index in [0.717, 1.165) is 37.1 Å². The van der Waals surface area contributed by atoms with Gasteiger partial charge < -0.3 is 4.74 Å². The molecular weight excluding hydrogens is 295 g/mol. The molecule has 20 heavy (non-hydrogen) atoms. The van der Waals surface area contributed by atoms with Crippen LogP contribution in [0.3, 0.4) is 0 Å². The fraction of sp³-hybridized carbons (Fsp3) is 0.733. The third kappa shape index (κ3) is 2.15. The SMILES string of the molecule is Clc1nc(C2CC3CCC2O3)nc(Cl)c1C1CCCC1. The van der Waals surface area contributed by atoms with Crippen molar-refractivity contribution in [1.82, 2.24) is 9.97 Å². The van der Waals surface area contributed by atoms with E-state index in [-0.39, 0.29) is 12.0 Å². The topological polar surface area (TPSA) is 35.0 Å². The number of hydrogen-bond donors (Lipinski definition) is 0. The van der Waals surface area contributed by atoms with Crippen LogP contribution in [0.25, 0.3) is 0 Å². The smallest absolute Gasteiger partial charge is 0.137 e. The predicted octanol–water partition coefficient (Wildman–Crippen LogP) is 4.48. The summed E-state index contributed by atoms with van der Waals surface area (Å²) in [5, 5.41) is 1.13. The second-order valence-corrected chi connectivity index (χ2v) is 6.99. The van der Waals surface area contributed by atoms with E-state index in [4.69, 9.17) is 27.9 Å². The Morgan fingerprint density at radius 1 is 0.950 bits per heavy atom. The second kappa shape index (κ2) is 5.11. The molecule has 0 N–H and O–H groups in total. The third-order valence-corrected chi connectivity index (χ3v) is 5.65. The quantitative estimate of drug-likeness (QED) is 0.755. The van der Waals surface area contributed by atoms with E-state index in [9.17, 15) is 0 Å². The van der Waals surface area contributed by atoms with Crippen molar-refractivity contribution < 1.29 is 4.74 Å². The molecule has 1 aliphatic carbocycles. The summed E-state index contributed by atoms with van der Waals surface area (Å²) in [5.74, 6) is 1.51. The summed E-state index contributed by atoms with van der Waals surface area (Å²) in [6, 6.07) is 0. The van der Waals surface area contributed by atoms with E-state index in [1.54, 1.807) is 0 Å². The van der Waals surface area contributed by atoms with Gasteiger partial charge in [0.25, 0.3) is 0 Å². The molecule has 0 aromatic carbocycles. The first kappa shape index (κ1) is 13.3. The van der Waals surface area contributed by atoms with Gasteiger partial charge in [0, 0.05) is 11.5 Å². The van der Waals surface area contributed by atoms with Crippen molar-refractivity contribution in [3.63, 3.8) is 0 Å². The molecule has 0 spiro atoms. The van der Waals surface area contributed by atoms with E-state index in [2.05, 4.69) is 9.97 Å². The molecule has 3 unspecified atom stereocenters. The summed E-state index contributed by atoms with van der Waals surface area (Å²) in [5.41, 5.74) is 0.971. The molecule has 3 atom stereocenters. The number of ether oxygens (including phenoxy) is 1. The van der Waals surface area contributed by atoms with Gasteiger partial charge in [0.15, 0.2) is 0 Å². The average molecular weight is 313 g/mol. The van der Waals surface area contributed by atoms with Crippen molar-refractivity contribution in [1.29, 1.82) is 0 Å². The van der Waals surface area contributed by atoms with Crippen molar-refractivity contribution >= 4 is 23.2 Å². The molecule has 5 heteroatoms. The lowest BCUT2D eigenvalue weighted by Gasteiger charge is -2.19. The van der Waals surface area contributed by atoms with Crippen LogP contribution in [0, 0.1) is 0 Å². The molecule has 3 fully saturated rings. The van der Waals surface area contributed by atoms with Crippen LogP contribution in [0.2, 0.25) is 10.3 Å². The van der Waals surface area contributed by atoms with Gasteiger partial charge in [-0.05, 0) is 38.0 Å². The van der Waals surface area contributed by atoms with Gasteiger partial charge in [0.1, 0.15) is 16.1 Å². The third-order valence-electron chi connectivity index (χ3n) is 5.07. The van der Waals surface area contributed by atoms with Gasteiger partial charge in [0.05, 0.1) is 12.2 Å². The van der Waals surface area contributed by atoms with E-state index >= 15 is 0 Å². The van der Waals surface area contributed by atoms with Gasteiger partial charge in [-0.2, -0.15) is 0 Å². The fourth-order valence-electron chi connectivity index (χ4n) is 4.06. The minimum Gasteiger partial charge on any atom is -0.374 e. The van der Waals surface area contributed by atoms with Crippen LogP contribution in [-0.2, 0) is 4.74 Å². The van der Waals surface area contributed by atoms with Crippen LogP contribution in [0.15, 0.2) is 0 Å². The molecule has 2 aliphatic heterocycles. The molecule has 108 valence electrons. The number of nitrogens with zero attached hydrogens (tertiary/aromatic N) is 2. The molecule has 2 saturated heterocycles. The molecule has 1 saturated carbocycles. The standard InChI is InChI=1S/C15H18Cl2N2O/c16-13-12(8-3-1-2-4-8)14(17)19-15(18-13)10-7-9-5-6-11(10)20-9/h8-11H,1-7H2. The first-order valence-electron chi connectivity index (χ1n) is 7.60. The molecular formula is C15H18Cl2N2O. The zero-order valence-corrected chi connectivity index (χ0v) is 12.8. The zero-order chi connectivity index (χ0) is 13.7. The molecule has 4 rings (SSSR count). The summed E-state index contributed by atoms with van der Waals surface area (Å²) in [6.45, 7) is 0. The van der Waals surface area contributed by atoms with Crippen LogP contribution < -0.4 is 0 Å². The lowest BCUT2D eigenvalue weighted by Crippen LogP contribution is -2.18. The molecule has 0 radical (unpaired) electrons. The van der Waals surface area contributed by atoms with Gasteiger partial charge in [-0.15, -0.1) is 0 Å². The molecule has 3 nitrogen and oxygen atoms in total. The first-order chi connectivity index (χ1) is 9.72. The van der Waals surface area contributed by atoms with Crippen molar-refractivity contribution in [3.8, 4) is 0 Å². The van der Waals surface area contributed by atoms with E-state index in [1.807, 2.05) is 0 Å². The van der Waals surface area contributed by atoms with Crippen molar-refractivity contribution in [3.05, 3.63) is 21.7 Å². The van der Waals surface area contributed by atoms with Crippen LogP contribution in [0.1, 0.15) is 68.2 Å². The number of aromatic nitrogens is 2. The Morgan fingerprint density at radius 2 is 1.65 bits per heavy atom. The minimum absolute atomic E-state index is 0.268. The average Bonchev–Trinajstić information content (AvgIpc) is 3.15. The Morgan fingerprint density at radius 3 is 2.20 bits per heavy atom. The summed E-state index contributed by atoms with van der Waals surface area (Å²) < 4.78 is 5.88. The number of rotatable bonds is 2. The molecule has 1 aromatic rings. The summed E-state index contributed by atoms with van der Waals surface area (Å²) >= 11 is 12.8. The maximum absolute atomic E-state index is 6.42. The van der Waals surface area contributed by atoms with Crippen LogP contribution in [0.5, 0.6) is 0 Å². The second-order valence-electron chi connectivity index (χ2n) is 6.27. The normalized spacial score (nSPS) is 33.2. The number of halogens is 2. The van der Waals surface area contributed by atoms with Gasteiger partial charge in [0.2, 0.25) is 0 Å². The van der Waals surface area contributed by atoms with Crippen molar-refractivity contribution in [2.24, 2.45) is 0 Å². The zero-order valence-electron chi connectivity index (χ0n) is 11.3. The molecule has 1 aromatic heterocycles. The van der Waals surface area contributed by atoms with Gasteiger partial charge in [-0.3, -0.25) is 0 Å². The Labute approximate surface area is 129 Å². The number of hydrogen-bond acceptors (Lipinski definition) is 3. The largest absolute Gasteiger partial charge is 0.374 e. The molecule has 2 bridgehead atoms. The van der Waals surface area contributed by atoms with E-state index < -0.39 is 0 Å². The Hall–Kier alpha value is -0.380. The van der Waals surface area contributed by atoms with E-state index in [0.29, 0.717) is 22.3 Å². The van der Waals surface area contributed by atoms with E-state index in [1.165, 1.54) is 19.3 Å². The molecule has 3 aliphatic rings. The van der Waals surface area contributed by atoms with Crippen LogP contribution in [-0.4, -0.2) is 22.2 Å². The Bertz CT molecular complexity index is 508.